The Morgan fingerprint density at radius 2 is 1.64 bits per heavy atom. The molecule has 1 aliphatic carbocycles. The predicted octanol–water partition coefficient (Wildman–Crippen LogP) is 5.32. The van der Waals surface area contributed by atoms with E-state index < -0.39 is 28.5 Å². The molecular formula is C30H34ClN3O4S. The second kappa shape index (κ2) is 12.7. The molecule has 2 amide bonds. The molecular weight excluding hydrogens is 534 g/mol. The monoisotopic (exact) mass is 567 g/mol. The largest absolute Gasteiger partial charge is 0.352 e. The topological polar surface area (TPSA) is 86.8 Å². The number of hydrogen-bond donors (Lipinski definition) is 1. The number of nitrogens with zero attached hydrogens (tertiary/aromatic N) is 2. The lowest BCUT2D eigenvalue weighted by Crippen LogP contribution is -2.52. The van der Waals surface area contributed by atoms with Crippen LogP contribution in [0.4, 0.5) is 5.69 Å². The zero-order valence-corrected chi connectivity index (χ0v) is 23.8. The fourth-order valence-corrected chi connectivity index (χ4v) is 6.36. The number of carbonyl (C=O) groups is 2. The molecule has 0 aromatic heterocycles. The van der Waals surface area contributed by atoms with Gasteiger partial charge in [-0.2, -0.15) is 0 Å². The van der Waals surface area contributed by atoms with Crippen molar-refractivity contribution in [2.45, 2.75) is 63.1 Å². The van der Waals surface area contributed by atoms with Gasteiger partial charge in [0, 0.05) is 17.6 Å². The van der Waals surface area contributed by atoms with Gasteiger partial charge in [-0.1, -0.05) is 78.5 Å². The average Bonchev–Trinajstić information content (AvgIpc) is 3.44. The normalized spacial score (nSPS) is 14.5. The molecule has 3 aromatic carbocycles. The van der Waals surface area contributed by atoms with E-state index >= 15 is 0 Å². The summed E-state index contributed by atoms with van der Waals surface area (Å²) in [7, 11) is -4.12. The Morgan fingerprint density at radius 1 is 0.974 bits per heavy atom. The number of sulfonamides is 1. The van der Waals surface area contributed by atoms with Gasteiger partial charge in [0.2, 0.25) is 11.8 Å². The van der Waals surface area contributed by atoms with Crippen molar-refractivity contribution >= 4 is 39.1 Å². The molecule has 7 nitrogen and oxygen atoms in total. The van der Waals surface area contributed by atoms with Crippen LogP contribution in [-0.4, -0.2) is 43.8 Å². The van der Waals surface area contributed by atoms with E-state index in [0.717, 1.165) is 41.1 Å². The Kier molecular flexibility index (Phi) is 9.30. The van der Waals surface area contributed by atoms with Crippen LogP contribution >= 0.6 is 11.6 Å². The van der Waals surface area contributed by atoms with Crippen LogP contribution in [-0.2, 0) is 26.2 Å². The van der Waals surface area contributed by atoms with Gasteiger partial charge in [-0.05, 0) is 62.6 Å². The van der Waals surface area contributed by atoms with Gasteiger partial charge in [-0.25, -0.2) is 8.42 Å². The first-order valence-corrected chi connectivity index (χ1v) is 15.0. The van der Waals surface area contributed by atoms with E-state index in [1.54, 1.807) is 43.3 Å². The van der Waals surface area contributed by atoms with Crippen LogP contribution in [0.15, 0.2) is 83.8 Å². The number of halogens is 1. The van der Waals surface area contributed by atoms with Crippen LogP contribution in [0.2, 0.25) is 5.02 Å². The molecule has 9 heteroatoms. The van der Waals surface area contributed by atoms with Crippen LogP contribution in [0, 0.1) is 6.92 Å². The molecule has 0 aliphatic heterocycles. The van der Waals surface area contributed by atoms with Crippen molar-refractivity contribution < 1.29 is 18.0 Å². The van der Waals surface area contributed by atoms with Gasteiger partial charge in [0.05, 0.1) is 10.6 Å². The van der Waals surface area contributed by atoms with E-state index in [1.807, 2.05) is 31.2 Å². The minimum atomic E-state index is -4.12. The van der Waals surface area contributed by atoms with Crippen molar-refractivity contribution in [3.8, 4) is 0 Å². The zero-order chi connectivity index (χ0) is 28.0. The highest BCUT2D eigenvalue weighted by Crippen LogP contribution is 2.27. The van der Waals surface area contributed by atoms with Crippen LogP contribution in [0.25, 0.3) is 0 Å². The summed E-state index contributed by atoms with van der Waals surface area (Å²) in [6.07, 6.45) is 3.97. The van der Waals surface area contributed by atoms with Crippen molar-refractivity contribution in [3.05, 3.63) is 95.0 Å². The van der Waals surface area contributed by atoms with Gasteiger partial charge in [-0.3, -0.25) is 13.9 Å². The second-order valence-corrected chi connectivity index (χ2v) is 12.3. The minimum absolute atomic E-state index is 0.0508. The Balaban J connectivity index is 1.67. The second-order valence-electron chi connectivity index (χ2n) is 9.98. The number of rotatable bonds is 10. The van der Waals surface area contributed by atoms with E-state index in [0.29, 0.717) is 5.02 Å². The highest BCUT2D eigenvalue weighted by molar-refractivity contribution is 7.92. The summed E-state index contributed by atoms with van der Waals surface area (Å²) in [5, 5.41) is 3.42. The van der Waals surface area contributed by atoms with Gasteiger partial charge in [-0.15, -0.1) is 0 Å². The Hall–Kier alpha value is -3.36. The molecule has 3 aromatic rings. The molecule has 0 bridgehead atoms. The first kappa shape index (κ1) is 28.6. The average molecular weight is 568 g/mol. The first-order valence-electron chi connectivity index (χ1n) is 13.1. The number of benzene rings is 3. The third-order valence-electron chi connectivity index (χ3n) is 7.05. The summed E-state index contributed by atoms with van der Waals surface area (Å²) in [6.45, 7) is 3.32. The number of aryl methyl sites for hydroxylation is 1. The molecule has 1 N–H and O–H groups in total. The Bertz CT molecular complexity index is 1390. The number of nitrogens with one attached hydrogen (secondary N) is 1. The molecule has 0 saturated heterocycles. The Labute approximate surface area is 235 Å². The molecule has 1 saturated carbocycles. The lowest BCUT2D eigenvalue weighted by atomic mass is 10.1. The maximum absolute atomic E-state index is 14.0. The van der Waals surface area contributed by atoms with Crippen LogP contribution < -0.4 is 9.62 Å². The first-order chi connectivity index (χ1) is 18.6. The fourth-order valence-electron chi connectivity index (χ4n) is 4.74. The smallest absolute Gasteiger partial charge is 0.264 e. The molecule has 0 heterocycles. The molecule has 39 heavy (non-hydrogen) atoms. The Morgan fingerprint density at radius 3 is 2.28 bits per heavy atom. The molecule has 0 radical (unpaired) electrons. The maximum atomic E-state index is 14.0. The predicted molar refractivity (Wildman–Crippen MR) is 154 cm³/mol. The standard InChI is InChI=1S/C30H34ClN3O4S/c1-22-15-17-24(18-16-22)20-33(23(2)30(36)32-26-10-6-7-11-26)29(35)21-34(27-12-8-9-25(31)19-27)39(37,38)28-13-4-3-5-14-28/h3-5,8-9,12-19,23,26H,6-7,10-11,20-21H2,1-2H3,(H,32,36)/t23-/m0/s1. The van der Waals surface area contributed by atoms with Crippen molar-refractivity contribution in [2.75, 3.05) is 10.8 Å². The van der Waals surface area contributed by atoms with E-state index in [2.05, 4.69) is 5.32 Å². The van der Waals surface area contributed by atoms with Crippen LogP contribution in [0.1, 0.15) is 43.7 Å². The zero-order valence-electron chi connectivity index (χ0n) is 22.2. The molecule has 206 valence electrons. The minimum Gasteiger partial charge on any atom is -0.352 e. The van der Waals surface area contributed by atoms with E-state index in [4.69, 9.17) is 11.6 Å². The van der Waals surface area contributed by atoms with E-state index in [-0.39, 0.29) is 29.1 Å². The highest BCUT2D eigenvalue weighted by atomic mass is 35.5. The van der Waals surface area contributed by atoms with Crippen LogP contribution in [0.3, 0.4) is 0 Å². The molecule has 1 fully saturated rings. The quantitative estimate of drug-likeness (QED) is 0.359. The molecule has 1 atom stereocenters. The third-order valence-corrected chi connectivity index (χ3v) is 9.07. The summed E-state index contributed by atoms with van der Waals surface area (Å²) >= 11 is 6.21. The molecule has 0 unspecified atom stereocenters. The summed E-state index contributed by atoms with van der Waals surface area (Å²) in [5.41, 5.74) is 2.18. The fraction of sp³-hybridized carbons (Fsp3) is 0.333. The summed E-state index contributed by atoms with van der Waals surface area (Å²) in [4.78, 5) is 28.7. The maximum Gasteiger partial charge on any atom is 0.264 e. The van der Waals surface area contributed by atoms with Crippen molar-refractivity contribution in [1.82, 2.24) is 10.2 Å². The SMILES string of the molecule is Cc1ccc(CN(C(=O)CN(c2cccc(Cl)c2)S(=O)(=O)c2ccccc2)[C@@H](C)C(=O)NC2CCCC2)cc1. The van der Waals surface area contributed by atoms with Crippen molar-refractivity contribution in [2.24, 2.45) is 0 Å². The van der Waals surface area contributed by atoms with Crippen molar-refractivity contribution in [3.63, 3.8) is 0 Å². The molecule has 1 aliphatic rings. The van der Waals surface area contributed by atoms with Gasteiger partial charge in [0.25, 0.3) is 10.0 Å². The van der Waals surface area contributed by atoms with Gasteiger partial charge < -0.3 is 10.2 Å². The summed E-state index contributed by atoms with van der Waals surface area (Å²) in [5.74, 6) is -0.744. The lowest BCUT2D eigenvalue weighted by Gasteiger charge is -2.32. The molecule has 4 rings (SSSR count). The van der Waals surface area contributed by atoms with Gasteiger partial charge in [0.15, 0.2) is 0 Å². The van der Waals surface area contributed by atoms with E-state index in [9.17, 15) is 18.0 Å². The third kappa shape index (κ3) is 7.19. The summed E-state index contributed by atoms with van der Waals surface area (Å²) in [6, 6.07) is 21.3. The van der Waals surface area contributed by atoms with Gasteiger partial charge in [0.1, 0.15) is 12.6 Å². The number of anilines is 1. The lowest BCUT2D eigenvalue weighted by molar-refractivity contribution is -0.139. The van der Waals surface area contributed by atoms with Crippen molar-refractivity contribution in [1.29, 1.82) is 0 Å². The number of amides is 2. The highest BCUT2D eigenvalue weighted by Gasteiger charge is 2.33. The number of carbonyl (C=O) groups excluding carboxylic acids is 2. The number of hydrogen-bond acceptors (Lipinski definition) is 4. The van der Waals surface area contributed by atoms with E-state index in [1.165, 1.54) is 23.1 Å². The van der Waals surface area contributed by atoms with Crippen LogP contribution in [0.5, 0.6) is 0 Å². The molecule has 0 spiro atoms. The summed E-state index contributed by atoms with van der Waals surface area (Å²) < 4.78 is 28.6. The van der Waals surface area contributed by atoms with Gasteiger partial charge >= 0.3 is 0 Å².